The van der Waals surface area contributed by atoms with Gasteiger partial charge in [-0.2, -0.15) is 0 Å². The molecule has 0 radical (unpaired) electrons. The zero-order valence-corrected chi connectivity index (χ0v) is 12.2. The van der Waals surface area contributed by atoms with E-state index in [9.17, 15) is 9.00 Å². The second-order valence-electron chi connectivity index (χ2n) is 4.24. The highest BCUT2D eigenvalue weighted by Crippen LogP contribution is 2.18. The molecule has 6 heteroatoms. The lowest BCUT2D eigenvalue weighted by molar-refractivity contribution is -0.134. The van der Waals surface area contributed by atoms with Gasteiger partial charge in [-0.05, 0) is 25.3 Å². The summed E-state index contributed by atoms with van der Waals surface area (Å²) in [6.07, 6.45) is 3.62. The zero-order valence-electron chi connectivity index (χ0n) is 11.4. The molecule has 2 rings (SSSR count). The van der Waals surface area contributed by atoms with E-state index in [1.54, 1.807) is 11.8 Å². The molecule has 0 unspecified atom stereocenters. The predicted octanol–water partition coefficient (Wildman–Crippen LogP) is 1.03. The molecular weight excluding hydrogens is 264 g/mol. The van der Waals surface area contributed by atoms with Gasteiger partial charge in [-0.3, -0.25) is 0 Å². The maximum Gasteiger partial charge on any atom is 0.348 e. The summed E-state index contributed by atoms with van der Waals surface area (Å²) in [6.45, 7) is 6.41. The first kappa shape index (κ1) is 13.9. The van der Waals surface area contributed by atoms with Crippen molar-refractivity contribution < 1.29 is 13.7 Å². The molecule has 0 spiro atoms. The number of allylic oxidation sites excluding steroid dienone is 1. The molecule has 0 saturated heterocycles. The molecule has 0 aliphatic carbocycles. The van der Waals surface area contributed by atoms with E-state index in [1.165, 1.54) is 0 Å². The van der Waals surface area contributed by atoms with Crippen LogP contribution in [0.15, 0.2) is 16.8 Å². The molecule has 0 amide bonds. The van der Waals surface area contributed by atoms with Gasteiger partial charge in [0.1, 0.15) is 4.86 Å². The molecule has 2 aliphatic rings. The van der Waals surface area contributed by atoms with Gasteiger partial charge < -0.3 is 9.64 Å². The van der Waals surface area contributed by atoms with Crippen molar-refractivity contribution in [2.24, 2.45) is 4.99 Å². The maximum atomic E-state index is 12.3. The molecule has 0 aromatic rings. The minimum atomic E-state index is -1.50. The largest absolute Gasteiger partial charge is 0.462 e. The normalized spacial score (nSPS) is 18.3. The molecule has 0 bridgehead atoms. The number of esters is 1. The average molecular weight is 282 g/mol. The molecule has 19 heavy (non-hydrogen) atoms. The van der Waals surface area contributed by atoms with Crippen LogP contribution in [0.1, 0.15) is 33.6 Å². The Hall–Kier alpha value is -1.56. The summed E-state index contributed by atoms with van der Waals surface area (Å²) in [6, 6.07) is 0. The standard InChI is InChI=1S/C13H18N2O3S/c1-4-9-7-15-8-11(12(16)18-6-3)19(17)13(15)14-10(9)5-2/h7H,4-6,8H2,1-3H3. The van der Waals surface area contributed by atoms with Crippen molar-refractivity contribution in [3.05, 3.63) is 11.8 Å². The van der Waals surface area contributed by atoms with Crippen LogP contribution in [0.25, 0.3) is 0 Å². The number of nitrogens with zero attached hydrogens (tertiary/aromatic N) is 2. The molecule has 0 aromatic carbocycles. The van der Waals surface area contributed by atoms with Crippen LogP contribution in [-0.4, -0.2) is 43.9 Å². The molecular formula is C13H18N2O3S. The van der Waals surface area contributed by atoms with Crippen molar-refractivity contribution >= 4 is 31.6 Å². The lowest BCUT2D eigenvalue weighted by Crippen LogP contribution is -2.31. The molecule has 2 heterocycles. The summed E-state index contributed by atoms with van der Waals surface area (Å²) >= 11 is 0. The third-order valence-electron chi connectivity index (χ3n) is 3.08. The molecule has 0 N–H and O–H groups in total. The molecule has 0 fully saturated rings. The number of rotatable bonds is 4. The van der Waals surface area contributed by atoms with E-state index in [0.717, 1.165) is 24.1 Å². The van der Waals surface area contributed by atoms with Gasteiger partial charge in [-0.25, -0.2) is 14.0 Å². The van der Waals surface area contributed by atoms with Gasteiger partial charge in [0.15, 0.2) is 0 Å². The third-order valence-corrected chi connectivity index (χ3v) is 4.48. The topological polar surface area (TPSA) is 59.0 Å². The van der Waals surface area contributed by atoms with Crippen LogP contribution in [0.5, 0.6) is 0 Å². The van der Waals surface area contributed by atoms with E-state index in [4.69, 9.17) is 4.74 Å². The van der Waals surface area contributed by atoms with Crippen molar-refractivity contribution in [1.82, 2.24) is 4.90 Å². The number of hydrogen-bond donors (Lipinski definition) is 0. The van der Waals surface area contributed by atoms with E-state index >= 15 is 0 Å². The molecule has 104 valence electrons. The Morgan fingerprint density at radius 3 is 2.74 bits per heavy atom. The summed E-state index contributed by atoms with van der Waals surface area (Å²) in [5.74, 6) is -0.484. The van der Waals surface area contributed by atoms with Crippen LogP contribution in [0.4, 0.5) is 0 Å². The smallest absolute Gasteiger partial charge is 0.348 e. The van der Waals surface area contributed by atoms with Gasteiger partial charge in [0.2, 0.25) is 5.11 Å². The quantitative estimate of drug-likeness (QED) is 0.571. The fourth-order valence-electron chi connectivity index (χ4n) is 2.11. The van der Waals surface area contributed by atoms with E-state index in [1.807, 2.05) is 13.1 Å². The van der Waals surface area contributed by atoms with Crippen LogP contribution >= 0.6 is 0 Å². The maximum absolute atomic E-state index is 12.3. The summed E-state index contributed by atoms with van der Waals surface area (Å²) in [5.41, 5.74) is 2.08. The minimum Gasteiger partial charge on any atom is -0.462 e. The van der Waals surface area contributed by atoms with Crippen molar-refractivity contribution in [3.8, 4) is 0 Å². The third kappa shape index (κ3) is 2.45. The van der Waals surface area contributed by atoms with Crippen LogP contribution in [-0.2, 0) is 19.5 Å². The Morgan fingerprint density at radius 2 is 2.16 bits per heavy atom. The Morgan fingerprint density at radius 1 is 1.42 bits per heavy atom. The molecule has 2 aliphatic heterocycles. The number of hydrogen-bond acceptors (Lipinski definition) is 5. The monoisotopic (exact) mass is 282 g/mol. The summed E-state index contributed by atoms with van der Waals surface area (Å²) in [5, 5.41) is 0.456. The van der Waals surface area contributed by atoms with Crippen molar-refractivity contribution in [2.75, 3.05) is 13.2 Å². The Balaban J connectivity index is 2.43. The summed E-state index contributed by atoms with van der Waals surface area (Å²) < 4.78 is 17.2. The van der Waals surface area contributed by atoms with E-state index in [2.05, 4.69) is 11.9 Å². The van der Waals surface area contributed by atoms with E-state index in [0.29, 0.717) is 11.7 Å². The zero-order chi connectivity index (χ0) is 14.0. The predicted molar refractivity (Wildman–Crippen MR) is 77.6 cm³/mol. The van der Waals surface area contributed by atoms with Gasteiger partial charge in [0, 0.05) is 11.9 Å². The Labute approximate surface area is 114 Å². The first-order chi connectivity index (χ1) is 9.12. The van der Waals surface area contributed by atoms with E-state index in [-0.39, 0.29) is 11.5 Å². The van der Waals surface area contributed by atoms with Gasteiger partial charge in [-0.15, -0.1) is 0 Å². The Bertz CT molecular complexity index is 614. The van der Waals surface area contributed by atoms with Gasteiger partial charge in [-0.1, -0.05) is 13.8 Å². The highest BCUT2D eigenvalue weighted by atomic mass is 32.1. The molecule has 5 nitrogen and oxygen atoms in total. The fraction of sp³-hybridized carbons (Fsp3) is 0.538. The average Bonchev–Trinajstić information content (AvgIpc) is 2.74. The number of carbonyl (C=O) groups excluding carboxylic acids is 1. The number of aliphatic imine (C=N–C) groups is 1. The fourth-order valence-corrected chi connectivity index (χ4v) is 3.32. The van der Waals surface area contributed by atoms with Crippen LogP contribution in [0, 0.1) is 0 Å². The lowest BCUT2D eigenvalue weighted by Gasteiger charge is -2.22. The summed E-state index contributed by atoms with van der Waals surface area (Å²) in [7, 11) is -1.50. The molecule has 0 aromatic heterocycles. The number of fused-ring (bicyclic) bond motifs is 1. The first-order valence-corrected chi connectivity index (χ1v) is 7.64. The van der Waals surface area contributed by atoms with Gasteiger partial charge in [0.25, 0.3) is 0 Å². The lowest BCUT2D eigenvalue weighted by atomic mass is 10.1. The number of carbonyl (C=O) groups is 1. The van der Waals surface area contributed by atoms with Crippen molar-refractivity contribution in [3.63, 3.8) is 0 Å². The van der Waals surface area contributed by atoms with Crippen molar-refractivity contribution in [1.29, 1.82) is 0 Å². The highest BCUT2D eigenvalue weighted by Gasteiger charge is 2.29. The second-order valence-corrected chi connectivity index (χ2v) is 5.64. The number of ether oxygens (including phenoxy) is 1. The first-order valence-electron chi connectivity index (χ1n) is 6.49. The summed E-state index contributed by atoms with van der Waals surface area (Å²) in [4.78, 5) is 18.3. The van der Waals surface area contributed by atoms with E-state index < -0.39 is 15.9 Å². The Kier molecular flexibility index (Phi) is 4.09. The highest BCUT2D eigenvalue weighted by molar-refractivity contribution is 7.86. The van der Waals surface area contributed by atoms with Crippen LogP contribution < -0.4 is 0 Å². The van der Waals surface area contributed by atoms with Crippen LogP contribution in [0.3, 0.4) is 0 Å². The van der Waals surface area contributed by atoms with Gasteiger partial charge in [0.05, 0.1) is 23.1 Å². The van der Waals surface area contributed by atoms with Gasteiger partial charge >= 0.3 is 5.97 Å². The second kappa shape index (κ2) is 5.61. The molecule has 0 saturated carbocycles. The molecule has 0 atom stereocenters. The minimum absolute atomic E-state index is 0.282. The van der Waals surface area contributed by atoms with Crippen molar-refractivity contribution in [2.45, 2.75) is 33.6 Å². The van der Waals surface area contributed by atoms with Crippen LogP contribution in [0.2, 0.25) is 0 Å². The SMILES string of the molecule is CCOC(=O)C1=S(=O)=C2N=C(CC)C(CC)=CN2C1.